The summed E-state index contributed by atoms with van der Waals surface area (Å²) in [4.78, 5) is 22.7. The summed E-state index contributed by atoms with van der Waals surface area (Å²) in [6, 6.07) is -1.01. The lowest BCUT2D eigenvalue weighted by atomic mass is 10.0. The van der Waals surface area contributed by atoms with Crippen LogP contribution in [-0.4, -0.2) is 59.0 Å². The number of phosphoric acid groups is 1. The van der Waals surface area contributed by atoms with Crippen LogP contribution in [0.1, 0.15) is 168 Å². The zero-order valence-corrected chi connectivity index (χ0v) is 33.3. The standard InChI is InChI=1S/C41H77N2O7P/c1-3-5-7-9-11-13-15-17-18-19-20-21-22-24-26-28-30-32-38(44)36-41(46)43-39(37-50-51(47,48)49-35-34-42)40(45)33-31-29-27-25-23-16-14-12-10-8-6-4-2/h10,12,19-20,23,25,31,33,38-40,44-45H,3-9,11,13-18,21-22,24,26-30,32,34-37,42H2,1-2H3,(H,43,46)(H,47,48)/b12-10+,20-19-,25-23+,33-31+. The predicted molar refractivity (Wildman–Crippen MR) is 213 cm³/mol. The van der Waals surface area contributed by atoms with Crippen molar-refractivity contribution in [3.63, 3.8) is 0 Å². The molecule has 0 saturated heterocycles. The number of nitrogens with two attached hydrogens (primary N) is 1. The van der Waals surface area contributed by atoms with Crippen molar-refractivity contribution in [3.05, 3.63) is 48.6 Å². The molecule has 0 aliphatic rings. The number of allylic oxidation sites excluding steroid dienone is 7. The molecule has 0 aromatic rings. The van der Waals surface area contributed by atoms with E-state index in [4.69, 9.17) is 14.8 Å². The summed E-state index contributed by atoms with van der Waals surface area (Å²) >= 11 is 0. The maximum absolute atomic E-state index is 12.8. The van der Waals surface area contributed by atoms with Crippen LogP contribution in [-0.2, 0) is 18.4 Å². The van der Waals surface area contributed by atoms with Gasteiger partial charge in [0.05, 0.1) is 37.9 Å². The summed E-state index contributed by atoms with van der Waals surface area (Å²) in [5.41, 5.74) is 5.34. The van der Waals surface area contributed by atoms with Gasteiger partial charge in [0.15, 0.2) is 0 Å². The summed E-state index contributed by atoms with van der Waals surface area (Å²) in [5.74, 6) is -0.468. The van der Waals surface area contributed by atoms with Crippen molar-refractivity contribution in [1.29, 1.82) is 0 Å². The Labute approximate surface area is 312 Å². The fourth-order valence-electron chi connectivity index (χ4n) is 5.54. The smallest absolute Gasteiger partial charge is 0.393 e. The second-order valence-corrected chi connectivity index (χ2v) is 15.1. The molecule has 9 nitrogen and oxygen atoms in total. The van der Waals surface area contributed by atoms with Crippen LogP contribution < -0.4 is 11.1 Å². The first-order valence-corrected chi connectivity index (χ1v) is 21.8. The van der Waals surface area contributed by atoms with Crippen LogP contribution >= 0.6 is 7.82 Å². The third-order valence-corrected chi connectivity index (χ3v) is 9.64. The molecular weight excluding hydrogens is 663 g/mol. The summed E-state index contributed by atoms with van der Waals surface area (Å²) in [6.45, 7) is 3.87. The van der Waals surface area contributed by atoms with Crippen molar-refractivity contribution in [2.24, 2.45) is 5.73 Å². The molecule has 0 aliphatic carbocycles. The monoisotopic (exact) mass is 741 g/mol. The van der Waals surface area contributed by atoms with E-state index in [-0.39, 0.29) is 19.6 Å². The molecule has 0 aliphatic heterocycles. The van der Waals surface area contributed by atoms with Gasteiger partial charge in [0.25, 0.3) is 0 Å². The van der Waals surface area contributed by atoms with Crippen LogP contribution in [0, 0.1) is 0 Å². The summed E-state index contributed by atoms with van der Waals surface area (Å²) < 4.78 is 22.0. The lowest BCUT2D eigenvalue weighted by Gasteiger charge is -2.24. The zero-order valence-electron chi connectivity index (χ0n) is 32.4. The Bertz CT molecular complexity index is 956. The predicted octanol–water partition coefficient (Wildman–Crippen LogP) is 9.91. The molecule has 0 aromatic carbocycles. The number of rotatable bonds is 37. The van der Waals surface area contributed by atoms with Gasteiger partial charge in [-0.15, -0.1) is 0 Å². The Hall–Kier alpha value is -1.58. The van der Waals surface area contributed by atoms with Gasteiger partial charge in [-0.2, -0.15) is 0 Å². The molecule has 0 spiro atoms. The van der Waals surface area contributed by atoms with E-state index < -0.39 is 38.6 Å². The molecule has 0 saturated carbocycles. The van der Waals surface area contributed by atoms with E-state index >= 15 is 0 Å². The highest BCUT2D eigenvalue weighted by molar-refractivity contribution is 7.47. The van der Waals surface area contributed by atoms with Crippen LogP contribution in [0.3, 0.4) is 0 Å². The third-order valence-electron chi connectivity index (χ3n) is 8.66. The number of nitrogens with one attached hydrogen (secondary N) is 1. The Morgan fingerprint density at radius 3 is 1.69 bits per heavy atom. The van der Waals surface area contributed by atoms with E-state index in [0.717, 1.165) is 57.8 Å². The quantitative estimate of drug-likeness (QED) is 0.0240. The average Bonchev–Trinajstić information content (AvgIpc) is 3.10. The molecule has 0 aromatic heterocycles. The topological polar surface area (TPSA) is 151 Å². The van der Waals surface area contributed by atoms with Crippen molar-refractivity contribution in [2.45, 2.75) is 186 Å². The highest BCUT2D eigenvalue weighted by Gasteiger charge is 2.27. The summed E-state index contributed by atoms with van der Waals surface area (Å²) in [5, 5.41) is 23.9. The molecule has 0 heterocycles. The lowest BCUT2D eigenvalue weighted by Crippen LogP contribution is -2.46. The number of amides is 1. The fraction of sp³-hybridized carbons (Fsp3) is 0.780. The average molecular weight is 741 g/mol. The van der Waals surface area contributed by atoms with Crippen LogP contribution in [0.25, 0.3) is 0 Å². The van der Waals surface area contributed by atoms with Crippen LogP contribution in [0.2, 0.25) is 0 Å². The SMILES string of the molecule is CCCC/C=C/CC/C=C/CC/C=C/C(O)C(COP(=O)(O)OCCN)NC(=O)CC(O)CCCCCCC/C=C\CCCCCCCCCC. The van der Waals surface area contributed by atoms with Crippen molar-refractivity contribution in [3.8, 4) is 0 Å². The molecule has 51 heavy (non-hydrogen) atoms. The summed E-state index contributed by atoms with van der Waals surface area (Å²) in [7, 11) is -4.41. The van der Waals surface area contributed by atoms with Gasteiger partial charge >= 0.3 is 7.82 Å². The van der Waals surface area contributed by atoms with E-state index in [0.29, 0.717) is 12.8 Å². The van der Waals surface area contributed by atoms with Crippen LogP contribution in [0.4, 0.5) is 0 Å². The maximum Gasteiger partial charge on any atom is 0.472 e. The number of hydrogen-bond donors (Lipinski definition) is 5. The first-order chi connectivity index (χ1) is 24.8. The number of phosphoric ester groups is 1. The van der Waals surface area contributed by atoms with E-state index in [9.17, 15) is 24.5 Å². The van der Waals surface area contributed by atoms with Crippen LogP contribution in [0.15, 0.2) is 48.6 Å². The molecule has 0 bridgehead atoms. The highest BCUT2D eigenvalue weighted by Crippen LogP contribution is 2.43. The van der Waals surface area contributed by atoms with Gasteiger partial charge < -0.3 is 26.2 Å². The van der Waals surface area contributed by atoms with Gasteiger partial charge in [0, 0.05) is 6.54 Å². The number of hydrogen-bond acceptors (Lipinski definition) is 7. The number of aliphatic hydroxyl groups excluding tert-OH is 2. The lowest BCUT2D eigenvalue weighted by molar-refractivity contribution is -0.124. The van der Waals surface area contributed by atoms with Crippen LogP contribution in [0.5, 0.6) is 0 Å². The van der Waals surface area contributed by atoms with Gasteiger partial charge in [0.1, 0.15) is 0 Å². The Kier molecular flexibility index (Phi) is 35.6. The second kappa shape index (κ2) is 36.8. The molecule has 6 N–H and O–H groups in total. The molecule has 298 valence electrons. The number of aliphatic hydroxyl groups is 2. The zero-order chi connectivity index (χ0) is 37.7. The molecule has 0 radical (unpaired) electrons. The number of unbranched alkanes of at least 4 members (excludes halogenated alkanes) is 17. The van der Waals surface area contributed by atoms with Crippen molar-refractivity contribution >= 4 is 13.7 Å². The molecule has 10 heteroatoms. The van der Waals surface area contributed by atoms with Crippen molar-refractivity contribution in [2.75, 3.05) is 19.8 Å². The second-order valence-electron chi connectivity index (χ2n) is 13.7. The number of carbonyl (C=O) groups excluding carboxylic acids is 1. The first kappa shape index (κ1) is 49.4. The van der Waals surface area contributed by atoms with Gasteiger partial charge in [-0.1, -0.05) is 146 Å². The molecular formula is C41H77N2O7P. The van der Waals surface area contributed by atoms with E-state index in [2.05, 4.69) is 55.6 Å². The normalized spacial score (nSPS) is 15.3. The largest absolute Gasteiger partial charge is 0.472 e. The Morgan fingerprint density at radius 1 is 0.667 bits per heavy atom. The maximum atomic E-state index is 12.8. The van der Waals surface area contributed by atoms with Gasteiger partial charge in [0.2, 0.25) is 5.91 Å². The Balaban J connectivity index is 4.40. The fourth-order valence-corrected chi connectivity index (χ4v) is 6.30. The van der Waals surface area contributed by atoms with Gasteiger partial charge in [-0.25, -0.2) is 4.57 Å². The van der Waals surface area contributed by atoms with E-state index in [1.165, 1.54) is 77.0 Å². The minimum atomic E-state index is -4.41. The minimum absolute atomic E-state index is 0.0399. The minimum Gasteiger partial charge on any atom is -0.393 e. The van der Waals surface area contributed by atoms with E-state index in [1.807, 2.05) is 6.08 Å². The molecule has 1 amide bonds. The number of carbonyl (C=O) groups is 1. The molecule has 0 rings (SSSR count). The Morgan fingerprint density at radius 2 is 1.14 bits per heavy atom. The van der Waals surface area contributed by atoms with E-state index in [1.54, 1.807) is 6.08 Å². The first-order valence-electron chi connectivity index (χ1n) is 20.3. The third kappa shape index (κ3) is 35.2. The molecule has 0 fully saturated rings. The molecule has 4 unspecified atom stereocenters. The highest BCUT2D eigenvalue weighted by atomic mass is 31.2. The van der Waals surface area contributed by atoms with Gasteiger partial charge in [-0.05, 0) is 64.2 Å². The molecule has 4 atom stereocenters. The van der Waals surface area contributed by atoms with Gasteiger partial charge in [-0.3, -0.25) is 13.8 Å². The van der Waals surface area contributed by atoms with Crippen molar-refractivity contribution < 1.29 is 33.5 Å². The summed E-state index contributed by atoms with van der Waals surface area (Å²) in [6.07, 6.45) is 40.6. The van der Waals surface area contributed by atoms with Crippen molar-refractivity contribution in [1.82, 2.24) is 5.32 Å².